The van der Waals surface area contributed by atoms with E-state index in [1.54, 1.807) is 6.92 Å². The fourth-order valence-corrected chi connectivity index (χ4v) is 1.29. The number of carboxylic acid groups (broad SMARTS) is 1. The smallest absolute Gasteiger partial charge is 0.322 e. The molecule has 5 nitrogen and oxygen atoms in total. The predicted molar refractivity (Wildman–Crippen MR) is 43.7 cm³/mol. The quantitative estimate of drug-likeness (QED) is 0.578. The average molecular weight is 173 g/mol. The molecule has 1 aliphatic rings. The Bertz CT molecular complexity index is 248. The van der Waals surface area contributed by atoms with Gasteiger partial charge in [0.15, 0.2) is 5.17 Å². The normalized spacial score (nSPS) is 23.9. The zero-order valence-electron chi connectivity index (χ0n) is 5.81. The van der Waals surface area contributed by atoms with Gasteiger partial charge in [-0.25, -0.2) is 0 Å². The Kier molecular flexibility index (Phi) is 2.13. The van der Waals surface area contributed by atoms with Gasteiger partial charge in [-0.05, 0) is 6.92 Å². The second-order valence-electron chi connectivity index (χ2n) is 2.02. The second-order valence-corrected chi connectivity index (χ2v) is 3.14. The molecule has 0 aliphatic carbocycles. The lowest BCUT2D eigenvalue weighted by molar-refractivity contribution is -0.135. The summed E-state index contributed by atoms with van der Waals surface area (Å²) in [4.78, 5) is 10.5. The van der Waals surface area contributed by atoms with Crippen LogP contribution in [0.3, 0.4) is 0 Å². The molecule has 60 valence electrons. The molecule has 1 rings (SSSR count). The first kappa shape index (κ1) is 8.06. The highest BCUT2D eigenvalue weighted by Gasteiger charge is 2.25. The van der Waals surface area contributed by atoms with Crippen molar-refractivity contribution in [3.8, 4) is 0 Å². The molecule has 1 aliphatic heterocycles. The van der Waals surface area contributed by atoms with Crippen LogP contribution < -0.4 is 5.73 Å². The summed E-state index contributed by atoms with van der Waals surface area (Å²) in [6, 6.07) is 0. The molecule has 1 atom stereocenters. The summed E-state index contributed by atoms with van der Waals surface area (Å²) >= 11 is 1.000. The molecule has 11 heavy (non-hydrogen) atoms. The van der Waals surface area contributed by atoms with Gasteiger partial charge >= 0.3 is 5.97 Å². The van der Waals surface area contributed by atoms with Crippen LogP contribution in [-0.4, -0.2) is 27.2 Å². The van der Waals surface area contributed by atoms with Crippen molar-refractivity contribution in [2.24, 2.45) is 15.9 Å². The van der Waals surface area contributed by atoms with E-state index in [4.69, 9.17) is 10.8 Å². The van der Waals surface area contributed by atoms with E-state index in [-0.39, 0.29) is 5.17 Å². The number of carbonyl (C=O) groups is 1. The van der Waals surface area contributed by atoms with Crippen LogP contribution in [0.2, 0.25) is 0 Å². The number of carboxylic acids is 1. The maximum Gasteiger partial charge on any atom is 0.322 e. The van der Waals surface area contributed by atoms with Gasteiger partial charge in [-0.2, -0.15) is 5.10 Å². The third kappa shape index (κ3) is 1.70. The zero-order valence-corrected chi connectivity index (χ0v) is 6.63. The maximum atomic E-state index is 10.5. The number of hydrogen-bond donors (Lipinski definition) is 2. The first-order valence-electron chi connectivity index (χ1n) is 2.88. The molecular weight excluding hydrogens is 166 g/mol. The monoisotopic (exact) mass is 173 g/mol. The summed E-state index contributed by atoms with van der Waals surface area (Å²) < 4.78 is 0. The average Bonchev–Trinajstić information content (AvgIpc) is 1.94. The molecule has 0 spiro atoms. The largest absolute Gasteiger partial charge is 0.480 e. The third-order valence-corrected chi connectivity index (χ3v) is 2.25. The number of nitrogens with two attached hydrogens (primary N) is 1. The second kappa shape index (κ2) is 2.91. The molecule has 0 radical (unpaired) electrons. The molecule has 0 aromatic rings. The minimum absolute atomic E-state index is 0.197. The summed E-state index contributed by atoms with van der Waals surface area (Å²) in [5.41, 5.74) is 5.74. The van der Waals surface area contributed by atoms with Gasteiger partial charge in [-0.1, -0.05) is 11.8 Å². The Hall–Kier alpha value is -1.04. The predicted octanol–water partition coefficient (Wildman–Crippen LogP) is -0.123. The first-order chi connectivity index (χ1) is 5.11. The molecule has 0 saturated heterocycles. The number of rotatable bonds is 1. The summed E-state index contributed by atoms with van der Waals surface area (Å²) in [5.74, 6) is -0.936. The Morgan fingerprint density at radius 3 is 2.82 bits per heavy atom. The minimum atomic E-state index is -0.936. The highest BCUT2D eigenvalue weighted by molar-refractivity contribution is 8.15. The van der Waals surface area contributed by atoms with Crippen LogP contribution in [0.15, 0.2) is 10.2 Å². The molecule has 0 aromatic heterocycles. The van der Waals surface area contributed by atoms with Gasteiger partial charge in [0.05, 0.1) is 5.71 Å². The van der Waals surface area contributed by atoms with Crippen molar-refractivity contribution in [2.45, 2.75) is 12.2 Å². The van der Waals surface area contributed by atoms with Gasteiger partial charge in [0.25, 0.3) is 0 Å². The fraction of sp³-hybridized carbons (Fsp3) is 0.400. The summed E-state index contributed by atoms with van der Waals surface area (Å²) in [5, 5.41) is 15.3. The van der Waals surface area contributed by atoms with Crippen molar-refractivity contribution in [1.82, 2.24) is 0 Å². The Labute approximate surface area is 67.4 Å². The summed E-state index contributed by atoms with van der Waals surface area (Å²) in [7, 11) is 0. The lowest BCUT2D eigenvalue weighted by atomic mass is 10.3. The van der Waals surface area contributed by atoms with Crippen LogP contribution in [-0.2, 0) is 4.79 Å². The van der Waals surface area contributed by atoms with Crippen LogP contribution >= 0.6 is 11.8 Å². The van der Waals surface area contributed by atoms with E-state index >= 15 is 0 Å². The zero-order chi connectivity index (χ0) is 8.43. The van der Waals surface area contributed by atoms with Gasteiger partial charge < -0.3 is 10.8 Å². The van der Waals surface area contributed by atoms with E-state index < -0.39 is 11.2 Å². The summed E-state index contributed by atoms with van der Waals surface area (Å²) in [6.07, 6.45) is 0. The van der Waals surface area contributed by atoms with E-state index in [0.29, 0.717) is 5.71 Å². The van der Waals surface area contributed by atoms with Crippen LogP contribution in [0.1, 0.15) is 6.92 Å². The van der Waals surface area contributed by atoms with Crippen LogP contribution in [0, 0.1) is 0 Å². The van der Waals surface area contributed by atoms with Gasteiger partial charge in [-0.15, -0.1) is 5.10 Å². The number of aliphatic carboxylic acids is 1. The summed E-state index contributed by atoms with van der Waals surface area (Å²) in [6.45, 7) is 1.61. The van der Waals surface area contributed by atoms with Gasteiger partial charge in [0.1, 0.15) is 5.25 Å². The number of amidine groups is 1. The van der Waals surface area contributed by atoms with E-state index in [1.165, 1.54) is 0 Å². The fourth-order valence-electron chi connectivity index (χ4n) is 0.639. The van der Waals surface area contributed by atoms with Crippen molar-refractivity contribution in [3.63, 3.8) is 0 Å². The van der Waals surface area contributed by atoms with Crippen molar-refractivity contribution < 1.29 is 9.90 Å². The molecule has 0 amide bonds. The molecule has 0 saturated carbocycles. The van der Waals surface area contributed by atoms with Gasteiger partial charge in [-0.3, -0.25) is 4.79 Å². The van der Waals surface area contributed by atoms with Crippen LogP contribution in [0.5, 0.6) is 0 Å². The van der Waals surface area contributed by atoms with E-state index in [0.717, 1.165) is 11.8 Å². The lowest BCUT2D eigenvalue weighted by Gasteiger charge is -2.12. The number of hydrogen-bond acceptors (Lipinski definition) is 5. The molecule has 0 aromatic carbocycles. The molecular formula is C5H7N3O2S. The topological polar surface area (TPSA) is 88.0 Å². The highest BCUT2D eigenvalue weighted by atomic mass is 32.2. The van der Waals surface area contributed by atoms with Crippen molar-refractivity contribution in [3.05, 3.63) is 0 Å². The van der Waals surface area contributed by atoms with Crippen molar-refractivity contribution in [2.75, 3.05) is 0 Å². The Morgan fingerprint density at radius 2 is 2.36 bits per heavy atom. The molecule has 0 bridgehead atoms. The van der Waals surface area contributed by atoms with Crippen molar-refractivity contribution in [1.29, 1.82) is 0 Å². The molecule has 0 unspecified atom stereocenters. The van der Waals surface area contributed by atoms with Crippen LogP contribution in [0.4, 0.5) is 0 Å². The number of thioether (sulfide) groups is 1. The first-order valence-corrected chi connectivity index (χ1v) is 3.76. The van der Waals surface area contributed by atoms with Gasteiger partial charge in [0, 0.05) is 0 Å². The highest BCUT2D eigenvalue weighted by Crippen LogP contribution is 2.17. The van der Waals surface area contributed by atoms with Crippen LogP contribution in [0.25, 0.3) is 0 Å². The van der Waals surface area contributed by atoms with E-state index in [2.05, 4.69) is 10.2 Å². The number of nitrogens with zero attached hydrogens (tertiary/aromatic N) is 2. The van der Waals surface area contributed by atoms with Gasteiger partial charge in [0.2, 0.25) is 0 Å². The molecule has 1 heterocycles. The maximum absolute atomic E-state index is 10.5. The third-order valence-electron chi connectivity index (χ3n) is 1.15. The van der Waals surface area contributed by atoms with E-state index in [1.807, 2.05) is 0 Å². The van der Waals surface area contributed by atoms with E-state index in [9.17, 15) is 4.79 Å². The molecule has 6 heteroatoms. The minimum Gasteiger partial charge on any atom is -0.480 e. The molecule has 0 fully saturated rings. The van der Waals surface area contributed by atoms with Crippen molar-refractivity contribution >= 4 is 28.6 Å². The Morgan fingerprint density at radius 1 is 1.73 bits per heavy atom. The SMILES string of the molecule is CC1=NN=C(N)S[C@H]1C(=O)O. The lowest BCUT2D eigenvalue weighted by Crippen LogP contribution is -2.30. The molecule has 3 N–H and O–H groups in total. The Balaban J connectivity index is 2.81. The standard InChI is InChI=1S/C5H7N3O2S/c1-2-3(4(9)10)11-5(6)8-7-2/h3H,1H3,(H2,6,8)(H,9,10)/t3-/m1/s1.